The van der Waals surface area contributed by atoms with Crippen LogP contribution in [0.1, 0.15) is 42.0 Å². The largest absolute Gasteiger partial charge is 0.507 e. The number of esters is 1. The number of carbonyl (C=O) groups is 3. The lowest BCUT2D eigenvalue weighted by Gasteiger charge is -2.28. The molecular weight excluding hydrogens is 374 g/mol. The highest BCUT2D eigenvalue weighted by Gasteiger charge is 2.30. The molecule has 0 amide bonds. The topological polar surface area (TPSA) is 93.1 Å². The molecule has 0 aromatic heterocycles. The normalized spacial score (nSPS) is 20.6. The number of ether oxygens (including phenoxy) is 2. The number of phenolic OH excluding ortho intramolecular Hbond substituents is 1. The van der Waals surface area contributed by atoms with E-state index in [-0.39, 0.29) is 25.1 Å². The number of ketones is 2. The molecule has 0 radical (unpaired) electrons. The van der Waals surface area contributed by atoms with Crippen LogP contribution < -0.4 is 4.74 Å². The van der Waals surface area contributed by atoms with Gasteiger partial charge < -0.3 is 19.5 Å². The SMILES string of the molecule is Cc1c(C)c2c(c(C)c1O)CC(CCOC(=O)CCN1C=CC(=O)C(=O)C1C)O2. The third kappa shape index (κ3) is 4.13. The van der Waals surface area contributed by atoms with Crippen molar-refractivity contribution in [3.63, 3.8) is 0 Å². The number of hydrogen-bond acceptors (Lipinski definition) is 7. The minimum absolute atomic E-state index is 0.0925. The van der Waals surface area contributed by atoms with Gasteiger partial charge in [0.1, 0.15) is 17.6 Å². The molecule has 29 heavy (non-hydrogen) atoms. The first-order valence-corrected chi connectivity index (χ1v) is 9.86. The van der Waals surface area contributed by atoms with Crippen LogP contribution in [0, 0.1) is 20.8 Å². The smallest absolute Gasteiger partial charge is 0.307 e. The summed E-state index contributed by atoms with van der Waals surface area (Å²) < 4.78 is 11.4. The molecular formula is C22H27NO6. The van der Waals surface area contributed by atoms with Crippen molar-refractivity contribution in [2.45, 2.75) is 59.1 Å². The molecule has 2 heterocycles. The van der Waals surface area contributed by atoms with Gasteiger partial charge in [0.25, 0.3) is 0 Å². The van der Waals surface area contributed by atoms with E-state index in [0.29, 0.717) is 25.1 Å². The molecule has 2 unspecified atom stereocenters. The van der Waals surface area contributed by atoms with Crippen molar-refractivity contribution in [3.05, 3.63) is 34.5 Å². The first-order chi connectivity index (χ1) is 13.7. The molecule has 1 aromatic rings. The summed E-state index contributed by atoms with van der Waals surface area (Å²) >= 11 is 0. The number of benzene rings is 1. The number of Topliss-reactive ketones (excluding diaryl/α,β-unsaturated/α-hetero) is 1. The van der Waals surface area contributed by atoms with Crippen LogP contribution in [-0.2, 0) is 25.5 Å². The number of rotatable bonds is 6. The molecule has 3 rings (SSSR count). The van der Waals surface area contributed by atoms with Crippen LogP contribution in [-0.4, -0.2) is 52.8 Å². The van der Waals surface area contributed by atoms with Gasteiger partial charge in [-0.25, -0.2) is 0 Å². The van der Waals surface area contributed by atoms with Crippen LogP contribution in [0.15, 0.2) is 12.3 Å². The summed E-state index contributed by atoms with van der Waals surface area (Å²) in [5.74, 6) is -0.183. The van der Waals surface area contributed by atoms with Gasteiger partial charge in [0, 0.05) is 37.2 Å². The van der Waals surface area contributed by atoms with Gasteiger partial charge in [-0.1, -0.05) is 0 Å². The van der Waals surface area contributed by atoms with Crippen molar-refractivity contribution in [2.24, 2.45) is 0 Å². The number of nitrogens with zero attached hydrogens (tertiary/aromatic N) is 1. The second-order valence-corrected chi connectivity index (χ2v) is 7.69. The van der Waals surface area contributed by atoms with Crippen molar-refractivity contribution in [2.75, 3.05) is 13.2 Å². The highest BCUT2D eigenvalue weighted by Crippen LogP contribution is 2.42. The molecule has 0 spiro atoms. The standard InChI is InChI=1S/C22H27NO6/c1-12-13(2)22-17(14(3)20(12)26)11-16(29-22)7-10-28-19(25)6-9-23-8-5-18(24)21(27)15(23)4/h5,8,15-16,26H,6-7,9-11H2,1-4H3. The average Bonchev–Trinajstić information content (AvgIpc) is 3.13. The molecule has 2 aliphatic rings. The van der Waals surface area contributed by atoms with Crippen LogP contribution in [0.5, 0.6) is 11.5 Å². The summed E-state index contributed by atoms with van der Waals surface area (Å²) in [5.41, 5.74) is 3.64. The number of fused-ring (bicyclic) bond motifs is 1. The van der Waals surface area contributed by atoms with Crippen LogP contribution in [0.25, 0.3) is 0 Å². The molecule has 0 aliphatic carbocycles. The van der Waals surface area contributed by atoms with Crippen LogP contribution >= 0.6 is 0 Å². The Morgan fingerprint density at radius 1 is 1.24 bits per heavy atom. The monoisotopic (exact) mass is 401 g/mol. The summed E-state index contributed by atoms with van der Waals surface area (Å²) in [4.78, 5) is 36.7. The number of carbonyl (C=O) groups excluding carboxylic acids is 3. The van der Waals surface area contributed by atoms with Crippen molar-refractivity contribution >= 4 is 17.5 Å². The number of allylic oxidation sites excluding steroid dienone is 1. The molecule has 1 aromatic carbocycles. The predicted molar refractivity (Wildman–Crippen MR) is 106 cm³/mol. The third-order valence-electron chi connectivity index (χ3n) is 5.87. The van der Waals surface area contributed by atoms with Crippen molar-refractivity contribution in [1.82, 2.24) is 4.90 Å². The van der Waals surface area contributed by atoms with E-state index >= 15 is 0 Å². The molecule has 156 valence electrons. The minimum Gasteiger partial charge on any atom is -0.507 e. The lowest BCUT2D eigenvalue weighted by molar-refractivity contribution is -0.145. The third-order valence-corrected chi connectivity index (χ3v) is 5.87. The summed E-state index contributed by atoms with van der Waals surface area (Å²) in [7, 11) is 0. The van der Waals surface area contributed by atoms with Gasteiger partial charge in [0.05, 0.1) is 19.1 Å². The molecule has 1 N–H and O–H groups in total. The van der Waals surface area contributed by atoms with Gasteiger partial charge in [0.2, 0.25) is 11.6 Å². The Balaban J connectivity index is 1.45. The fraction of sp³-hybridized carbons (Fsp3) is 0.500. The van der Waals surface area contributed by atoms with Gasteiger partial charge >= 0.3 is 5.97 Å². The molecule has 2 atom stereocenters. The average molecular weight is 401 g/mol. The zero-order chi connectivity index (χ0) is 21.3. The summed E-state index contributed by atoms with van der Waals surface area (Å²) in [6.07, 6.45) is 4.06. The highest BCUT2D eigenvalue weighted by molar-refractivity contribution is 6.43. The zero-order valence-electron chi connectivity index (χ0n) is 17.3. The van der Waals surface area contributed by atoms with E-state index in [0.717, 1.165) is 28.0 Å². The molecule has 0 fully saturated rings. The van der Waals surface area contributed by atoms with Crippen LogP contribution in [0.3, 0.4) is 0 Å². The Bertz CT molecular complexity index is 851. The van der Waals surface area contributed by atoms with Gasteiger partial charge in [-0.05, 0) is 44.4 Å². The quantitative estimate of drug-likeness (QED) is 0.577. The zero-order valence-corrected chi connectivity index (χ0v) is 17.3. The maximum atomic E-state index is 12.0. The number of phenols is 1. The van der Waals surface area contributed by atoms with Crippen molar-refractivity contribution in [1.29, 1.82) is 0 Å². The first kappa shape index (κ1) is 20.9. The first-order valence-electron chi connectivity index (χ1n) is 9.86. The molecule has 7 heteroatoms. The van der Waals surface area contributed by atoms with Gasteiger partial charge in [-0.2, -0.15) is 0 Å². The summed E-state index contributed by atoms with van der Waals surface area (Å²) in [6, 6.07) is -0.558. The van der Waals surface area contributed by atoms with E-state index in [9.17, 15) is 19.5 Å². The lowest BCUT2D eigenvalue weighted by Crippen LogP contribution is -2.42. The Kier molecular flexibility index (Phi) is 5.96. The second kappa shape index (κ2) is 8.27. The Hall–Kier alpha value is -2.83. The minimum atomic E-state index is -0.558. The summed E-state index contributed by atoms with van der Waals surface area (Å²) in [6.45, 7) is 7.90. The maximum absolute atomic E-state index is 12.0. The predicted octanol–water partition coefficient (Wildman–Crippen LogP) is 2.30. The van der Waals surface area contributed by atoms with Crippen LogP contribution in [0.4, 0.5) is 0 Å². The number of aromatic hydroxyl groups is 1. The fourth-order valence-electron chi connectivity index (χ4n) is 3.77. The molecule has 0 saturated heterocycles. The van der Waals surface area contributed by atoms with Gasteiger partial charge in [-0.3, -0.25) is 14.4 Å². The fourth-order valence-corrected chi connectivity index (χ4v) is 3.77. The van der Waals surface area contributed by atoms with E-state index in [1.165, 1.54) is 6.08 Å². The molecule has 2 aliphatic heterocycles. The highest BCUT2D eigenvalue weighted by atomic mass is 16.5. The Labute approximate surface area is 170 Å². The van der Waals surface area contributed by atoms with E-state index in [1.807, 2.05) is 20.8 Å². The van der Waals surface area contributed by atoms with E-state index < -0.39 is 17.6 Å². The second-order valence-electron chi connectivity index (χ2n) is 7.69. The van der Waals surface area contributed by atoms with E-state index in [4.69, 9.17) is 9.47 Å². The summed E-state index contributed by atoms with van der Waals surface area (Å²) in [5, 5.41) is 10.2. The van der Waals surface area contributed by atoms with Gasteiger partial charge in [0.15, 0.2) is 0 Å². The molecule has 7 nitrogen and oxygen atoms in total. The number of hydrogen-bond donors (Lipinski definition) is 1. The molecule has 0 saturated carbocycles. The maximum Gasteiger partial charge on any atom is 0.307 e. The van der Waals surface area contributed by atoms with E-state index in [2.05, 4.69) is 0 Å². The Morgan fingerprint density at radius 3 is 2.69 bits per heavy atom. The van der Waals surface area contributed by atoms with Crippen molar-refractivity contribution in [3.8, 4) is 11.5 Å². The van der Waals surface area contributed by atoms with Gasteiger partial charge in [-0.15, -0.1) is 0 Å². The van der Waals surface area contributed by atoms with Crippen molar-refractivity contribution < 1.29 is 29.0 Å². The van der Waals surface area contributed by atoms with E-state index in [1.54, 1.807) is 18.0 Å². The lowest BCUT2D eigenvalue weighted by atomic mass is 9.96. The van der Waals surface area contributed by atoms with Crippen LogP contribution in [0.2, 0.25) is 0 Å². The molecule has 0 bridgehead atoms. The Morgan fingerprint density at radius 2 is 1.97 bits per heavy atom.